The van der Waals surface area contributed by atoms with Gasteiger partial charge in [-0.05, 0) is 31.1 Å². The molecule has 2 N–H and O–H groups in total. The molecule has 2 unspecified atom stereocenters. The van der Waals surface area contributed by atoms with Crippen LogP contribution in [0.5, 0.6) is 0 Å². The molecule has 0 fully saturated rings. The lowest BCUT2D eigenvalue weighted by Crippen LogP contribution is -2.40. The van der Waals surface area contributed by atoms with Gasteiger partial charge < -0.3 is 5.73 Å². The molecule has 0 aliphatic carbocycles. The minimum atomic E-state index is 0.170. The summed E-state index contributed by atoms with van der Waals surface area (Å²) in [5.41, 5.74) is 7.45. The quantitative estimate of drug-likeness (QED) is 0.800. The second-order valence-corrected chi connectivity index (χ2v) is 4.02. The van der Waals surface area contributed by atoms with Crippen LogP contribution >= 0.6 is 0 Å². The molecule has 3 heteroatoms. The third-order valence-electron chi connectivity index (χ3n) is 3.11. The maximum absolute atomic E-state index is 6.23. The van der Waals surface area contributed by atoms with Crippen molar-refractivity contribution in [2.24, 2.45) is 5.73 Å². The van der Waals surface area contributed by atoms with E-state index in [1.807, 2.05) is 12.3 Å². The van der Waals surface area contributed by atoms with Gasteiger partial charge in [0.05, 0.1) is 6.04 Å². The number of aromatic nitrogens is 1. The Hall–Kier alpha value is -0.930. The first-order chi connectivity index (χ1) is 7.74. The summed E-state index contributed by atoms with van der Waals surface area (Å²) in [7, 11) is 0. The van der Waals surface area contributed by atoms with Gasteiger partial charge >= 0.3 is 0 Å². The van der Waals surface area contributed by atoms with Crippen LogP contribution in [0, 0.1) is 0 Å². The van der Waals surface area contributed by atoms with Gasteiger partial charge in [0.15, 0.2) is 0 Å². The molecule has 1 rings (SSSR count). The molecule has 0 aliphatic rings. The van der Waals surface area contributed by atoms with E-state index in [4.69, 9.17) is 5.73 Å². The molecule has 0 aromatic carbocycles. The van der Waals surface area contributed by atoms with E-state index in [-0.39, 0.29) is 12.1 Å². The zero-order valence-electron chi connectivity index (χ0n) is 10.6. The molecule has 0 spiro atoms. The van der Waals surface area contributed by atoms with E-state index < -0.39 is 0 Å². The van der Waals surface area contributed by atoms with Crippen molar-refractivity contribution >= 4 is 0 Å². The van der Waals surface area contributed by atoms with Gasteiger partial charge in [-0.1, -0.05) is 26.8 Å². The van der Waals surface area contributed by atoms with Crippen molar-refractivity contribution in [1.29, 1.82) is 0 Å². The lowest BCUT2D eigenvalue weighted by atomic mass is 9.98. The molecular weight excluding hydrogens is 198 g/mol. The molecule has 90 valence electrons. The van der Waals surface area contributed by atoms with Crippen LogP contribution in [0.25, 0.3) is 0 Å². The third-order valence-corrected chi connectivity index (χ3v) is 3.11. The number of nitrogens with two attached hydrogens (primary N) is 1. The summed E-state index contributed by atoms with van der Waals surface area (Å²) < 4.78 is 0. The van der Waals surface area contributed by atoms with Crippen molar-refractivity contribution in [2.45, 2.75) is 39.3 Å². The molecule has 1 aromatic rings. The van der Waals surface area contributed by atoms with E-state index in [1.54, 1.807) is 6.20 Å². The van der Waals surface area contributed by atoms with Crippen LogP contribution in [0.2, 0.25) is 0 Å². The predicted molar refractivity (Wildman–Crippen MR) is 68.2 cm³/mol. The summed E-state index contributed by atoms with van der Waals surface area (Å²) in [4.78, 5) is 6.59. The summed E-state index contributed by atoms with van der Waals surface area (Å²) in [6, 6.07) is 4.55. The van der Waals surface area contributed by atoms with E-state index in [2.05, 4.69) is 36.7 Å². The Labute approximate surface area is 98.7 Å². The van der Waals surface area contributed by atoms with Crippen molar-refractivity contribution in [3.63, 3.8) is 0 Å². The largest absolute Gasteiger partial charge is 0.326 e. The first-order valence-electron chi connectivity index (χ1n) is 6.14. The number of hydrogen-bond acceptors (Lipinski definition) is 3. The number of pyridine rings is 1. The Morgan fingerprint density at radius 2 is 2.00 bits per heavy atom. The fraction of sp³-hybridized carbons (Fsp3) is 0.615. The maximum atomic E-state index is 6.23. The van der Waals surface area contributed by atoms with E-state index >= 15 is 0 Å². The first-order valence-corrected chi connectivity index (χ1v) is 6.14. The van der Waals surface area contributed by atoms with Gasteiger partial charge in [0, 0.05) is 18.4 Å². The fourth-order valence-corrected chi connectivity index (χ4v) is 2.12. The molecule has 2 atom stereocenters. The van der Waals surface area contributed by atoms with Gasteiger partial charge in [-0.3, -0.25) is 9.88 Å². The van der Waals surface area contributed by atoms with Crippen LogP contribution in [0.1, 0.15) is 38.8 Å². The molecule has 0 aliphatic heterocycles. The molecule has 16 heavy (non-hydrogen) atoms. The lowest BCUT2D eigenvalue weighted by Gasteiger charge is -2.33. The van der Waals surface area contributed by atoms with Gasteiger partial charge in [0.1, 0.15) is 0 Å². The van der Waals surface area contributed by atoms with Gasteiger partial charge in [-0.15, -0.1) is 0 Å². The van der Waals surface area contributed by atoms with E-state index in [1.165, 1.54) is 5.56 Å². The zero-order chi connectivity index (χ0) is 12.0. The number of rotatable bonds is 6. The Balaban J connectivity index is 2.95. The predicted octanol–water partition coefficient (Wildman–Crippen LogP) is 2.20. The number of hydrogen-bond donors (Lipinski definition) is 1. The Bertz CT molecular complexity index is 282. The molecule has 0 radical (unpaired) electrons. The van der Waals surface area contributed by atoms with Crippen molar-refractivity contribution in [3.8, 4) is 0 Å². The molecule has 0 bridgehead atoms. The number of likely N-dealkylation sites (N-methyl/N-ethyl adjacent to an activating group) is 1. The minimum absolute atomic E-state index is 0.170. The summed E-state index contributed by atoms with van der Waals surface area (Å²) in [5, 5.41) is 0. The molecule has 3 nitrogen and oxygen atoms in total. The van der Waals surface area contributed by atoms with Crippen molar-refractivity contribution in [2.75, 3.05) is 13.1 Å². The fourth-order valence-electron chi connectivity index (χ4n) is 2.12. The van der Waals surface area contributed by atoms with Crippen LogP contribution in [-0.2, 0) is 0 Å². The van der Waals surface area contributed by atoms with Crippen LogP contribution in [0.15, 0.2) is 24.5 Å². The van der Waals surface area contributed by atoms with Crippen LogP contribution in [0.3, 0.4) is 0 Å². The van der Waals surface area contributed by atoms with Crippen LogP contribution in [0.4, 0.5) is 0 Å². The zero-order valence-corrected chi connectivity index (χ0v) is 10.6. The normalized spacial score (nSPS) is 15.1. The summed E-state index contributed by atoms with van der Waals surface area (Å²) in [6.45, 7) is 8.52. The van der Waals surface area contributed by atoms with Gasteiger partial charge in [-0.25, -0.2) is 0 Å². The molecular formula is C13H23N3. The summed E-state index contributed by atoms with van der Waals surface area (Å²) >= 11 is 0. The average molecular weight is 221 g/mol. The Kier molecular flexibility index (Phi) is 5.43. The molecule has 1 heterocycles. The van der Waals surface area contributed by atoms with Gasteiger partial charge in [-0.2, -0.15) is 0 Å². The average Bonchev–Trinajstić information content (AvgIpc) is 2.36. The number of nitrogens with zero attached hydrogens (tertiary/aromatic N) is 2. The summed E-state index contributed by atoms with van der Waals surface area (Å²) in [6.07, 6.45) is 4.72. The highest BCUT2D eigenvalue weighted by Crippen LogP contribution is 2.23. The van der Waals surface area contributed by atoms with Gasteiger partial charge in [0.2, 0.25) is 0 Å². The molecule has 0 saturated carbocycles. The van der Waals surface area contributed by atoms with Gasteiger partial charge in [0.25, 0.3) is 0 Å². The second kappa shape index (κ2) is 6.61. The van der Waals surface area contributed by atoms with E-state index in [0.717, 1.165) is 19.5 Å². The smallest absolute Gasteiger partial charge is 0.0514 e. The SMILES string of the molecule is CCC(N)C(c1cccnc1)N(CC)CC. The van der Waals surface area contributed by atoms with Crippen LogP contribution < -0.4 is 5.73 Å². The molecule has 1 aromatic heterocycles. The maximum Gasteiger partial charge on any atom is 0.0514 e. The highest BCUT2D eigenvalue weighted by atomic mass is 15.2. The highest BCUT2D eigenvalue weighted by molar-refractivity contribution is 5.16. The van der Waals surface area contributed by atoms with Crippen LogP contribution in [-0.4, -0.2) is 29.0 Å². The second-order valence-electron chi connectivity index (χ2n) is 4.02. The Morgan fingerprint density at radius 1 is 1.31 bits per heavy atom. The van der Waals surface area contributed by atoms with Crippen molar-refractivity contribution < 1.29 is 0 Å². The standard InChI is InChI=1S/C13H23N3/c1-4-12(14)13(16(5-2)6-3)11-8-7-9-15-10-11/h7-10,12-13H,4-6,14H2,1-3H3. The molecule has 0 amide bonds. The Morgan fingerprint density at radius 3 is 2.44 bits per heavy atom. The molecule has 0 saturated heterocycles. The summed E-state index contributed by atoms with van der Waals surface area (Å²) in [5.74, 6) is 0. The van der Waals surface area contributed by atoms with Crippen molar-refractivity contribution in [1.82, 2.24) is 9.88 Å². The lowest BCUT2D eigenvalue weighted by molar-refractivity contribution is 0.187. The topological polar surface area (TPSA) is 42.1 Å². The monoisotopic (exact) mass is 221 g/mol. The van der Waals surface area contributed by atoms with Crippen molar-refractivity contribution in [3.05, 3.63) is 30.1 Å². The van der Waals surface area contributed by atoms with E-state index in [9.17, 15) is 0 Å². The highest BCUT2D eigenvalue weighted by Gasteiger charge is 2.23. The first kappa shape index (κ1) is 13.1. The van der Waals surface area contributed by atoms with E-state index in [0.29, 0.717) is 0 Å². The third kappa shape index (κ3) is 3.03. The minimum Gasteiger partial charge on any atom is -0.326 e.